The Balaban J connectivity index is 1.66. The first-order valence-corrected chi connectivity index (χ1v) is 10.9. The summed E-state index contributed by atoms with van der Waals surface area (Å²) in [7, 11) is 1.76. The van der Waals surface area contributed by atoms with E-state index in [9.17, 15) is 18.0 Å². The Morgan fingerprint density at radius 2 is 1.90 bits per heavy atom. The van der Waals surface area contributed by atoms with Crippen molar-refractivity contribution in [2.24, 2.45) is 0 Å². The van der Waals surface area contributed by atoms with Crippen LogP contribution >= 0.6 is 11.3 Å². The van der Waals surface area contributed by atoms with Gasteiger partial charge in [0.15, 0.2) is 0 Å². The topological polar surface area (TPSA) is 32.3 Å². The van der Waals surface area contributed by atoms with Crippen LogP contribution in [0.1, 0.15) is 53.4 Å². The molecular weight excluding hydrogens is 397 g/mol. The number of carbonyl (C=O) groups excluding carboxylic acids is 1. The third-order valence-corrected chi connectivity index (χ3v) is 6.49. The molecule has 1 aromatic carbocycles. The second kappa shape index (κ2) is 9.30. The predicted octanol–water partition coefficient (Wildman–Crippen LogP) is 5.37. The first-order valence-electron chi connectivity index (χ1n) is 9.98. The number of halogens is 3. The van der Waals surface area contributed by atoms with Crippen molar-refractivity contribution in [2.45, 2.75) is 63.3 Å². The van der Waals surface area contributed by atoms with Crippen molar-refractivity contribution in [3.05, 3.63) is 57.8 Å². The molecule has 1 amide bonds. The summed E-state index contributed by atoms with van der Waals surface area (Å²) in [6, 6.07) is 9.16. The summed E-state index contributed by atoms with van der Waals surface area (Å²) >= 11 is 1.74. The lowest BCUT2D eigenvalue weighted by Crippen LogP contribution is -2.54. The van der Waals surface area contributed by atoms with E-state index in [2.05, 4.69) is 23.7 Å². The highest BCUT2D eigenvalue weighted by atomic mass is 32.1. The van der Waals surface area contributed by atoms with Crippen LogP contribution in [0.15, 0.2) is 41.8 Å². The molecule has 1 fully saturated rings. The molecule has 0 spiro atoms. The highest BCUT2D eigenvalue weighted by molar-refractivity contribution is 7.09. The number of hydrogen-bond acceptors (Lipinski definition) is 3. The van der Waals surface area contributed by atoms with E-state index in [1.807, 2.05) is 6.07 Å². The highest BCUT2D eigenvalue weighted by Gasteiger charge is 2.33. The quantitative estimate of drug-likeness (QED) is 0.676. The summed E-state index contributed by atoms with van der Waals surface area (Å²) in [6.07, 6.45) is 0.591. The maximum absolute atomic E-state index is 12.9. The van der Waals surface area contributed by atoms with Crippen LogP contribution in [-0.2, 0) is 12.6 Å². The van der Waals surface area contributed by atoms with Crippen LogP contribution in [0.2, 0.25) is 0 Å². The minimum absolute atomic E-state index is 0.0318. The summed E-state index contributed by atoms with van der Waals surface area (Å²) in [5, 5.41) is 5.76. The number of thiophene rings is 1. The fraction of sp³-hybridized carbons (Fsp3) is 0.500. The van der Waals surface area contributed by atoms with Gasteiger partial charge in [-0.25, -0.2) is 0 Å². The van der Waals surface area contributed by atoms with Gasteiger partial charge in [0.05, 0.1) is 5.56 Å². The molecular formula is C22H27F3N2OS. The maximum Gasteiger partial charge on any atom is 0.416 e. The van der Waals surface area contributed by atoms with Crippen LogP contribution in [0.4, 0.5) is 13.2 Å². The highest BCUT2D eigenvalue weighted by Crippen LogP contribution is 2.30. The van der Waals surface area contributed by atoms with Gasteiger partial charge >= 0.3 is 6.18 Å². The molecule has 0 aliphatic heterocycles. The number of likely N-dealkylation sites (N-methyl/N-ethyl adjacent to an activating group) is 1. The van der Waals surface area contributed by atoms with Crippen molar-refractivity contribution in [3.8, 4) is 0 Å². The Hall–Kier alpha value is -1.86. The minimum atomic E-state index is -4.40. The number of amides is 1. The first-order chi connectivity index (χ1) is 13.8. The van der Waals surface area contributed by atoms with Crippen molar-refractivity contribution in [3.63, 3.8) is 0 Å². The number of carbonyl (C=O) groups is 1. The molecule has 29 heavy (non-hydrogen) atoms. The molecule has 3 nitrogen and oxygen atoms in total. The van der Waals surface area contributed by atoms with Crippen LogP contribution in [-0.4, -0.2) is 36.0 Å². The van der Waals surface area contributed by atoms with E-state index in [1.54, 1.807) is 23.3 Å². The lowest BCUT2D eigenvalue weighted by molar-refractivity contribution is -0.137. The summed E-state index contributed by atoms with van der Waals surface area (Å²) in [5.41, 5.74) is -0.451. The largest absolute Gasteiger partial charge is 0.416 e. The number of nitrogens with zero attached hydrogens (tertiary/aromatic N) is 1. The zero-order valence-corrected chi connectivity index (χ0v) is 17.5. The van der Waals surface area contributed by atoms with Crippen molar-refractivity contribution in [1.82, 2.24) is 10.2 Å². The van der Waals surface area contributed by atoms with E-state index in [4.69, 9.17) is 0 Å². The monoisotopic (exact) mass is 424 g/mol. The molecule has 158 valence electrons. The van der Waals surface area contributed by atoms with Crippen LogP contribution in [0.5, 0.6) is 0 Å². The van der Waals surface area contributed by atoms with Crippen molar-refractivity contribution in [1.29, 1.82) is 0 Å². The van der Waals surface area contributed by atoms with E-state index in [0.29, 0.717) is 0 Å². The van der Waals surface area contributed by atoms with E-state index in [0.717, 1.165) is 44.2 Å². The van der Waals surface area contributed by atoms with Gasteiger partial charge in [-0.2, -0.15) is 13.2 Å². The van der Waals surface area contributed by atoms with Crippen molar-refractivity contribution < 1.29 is 18.0 Å². The molecule has 0 bridgehead atoms. The summed E-state index contributed by atoms with van der Waals surface area (Å²) in [6.45, 7) is 2.16. The maximum atomic E-state index is 12.9. The average Bonchev–Trinajstić information content (AvgIpc) is 3.19. The third kappa shape index (κ3) is 5.60. The SMILES string of the molecule is CC(Cc1cccs1)NC1CCCCC1N(C)C(=O)c1ccc(C(F)(F)F)cc1. The Bertz CT molecular complexity index is 789. The van der Waals surface area contributed by atoms with Crippen LogP contribution < -0.4 is 5.32 Å². The van der Waals surface area contributed by atoms with Gasteiger partial charge in [0, 0.05) is 35.6 Å². The summed E-state index contributed by atoms with van der Waals surface area (Å²) in [5.74, 6) is -0.233. The first kappa shape index (κ1) is 21.8. The third-order valence-electron chi connectivity index (χ3n) is 5.59. The molecule has 1 aromatic heterocycles. The fourth-order valence-corrected chi connectivity index (χ4v) is 4.92. The smallest absolute Gasteiger partial charge is 0.337 e. The van der Waals surface area contributed by atoms with Gasteiger partial charge in [0.1, 0.15) is 0 Å². The lowest BCUT2D eigenvalue weighted by atomic mass is 9.88. The van der Waals surface area contributed by atoms with Gasteiger partial charge in [-0.15, -0.1) is 11.3 Å². The zero-order chi connectivity index (χ0) is 21.0. The van der Waals surface area contributed by atoms with E-state index < -0.39 is 11.7 Å². The standard InChI is InChI=1S/C22H27F3N2OS/c1-15(14-18-6-5-13-29-18)26-19-7-3-4-8-20(19)27(2)21(28)16-9-11-17(12-10-16)22(23,24)25/h5-6,9-13,15,19-20,26H,3-4,7-8,14H2,1-2H3. The molecule has 1 heterocycles. The van der Waals surface area contributed by atoms with Crippen LogP contribution in [0.3, 0.4) is 0 Å². The van der Waals surface area contributed by atoms with Gasteiger partial charge in [-0.1, -0.05) is 18.9 Å². The lowest BCUT2D eigenvalue weighted by Gasteiger charge is -2.40. The molecule has 1 aliphatic carbocycles. The van der Waals surface area contributed by atoms with Gasteiger partial charge in [0.2, 0.25) is 0 Å². The Kier molecular flexibility index (Phi) is 7.01. The molecule has 0 saturated heterocycles. The second-order valence-electron chi connectivity index (χ2n) is 7.80. The predicted molar refractivity (Wildman–Crippen MR) is 110 cm³/mol. The summed E-state index contributed by atoms with van der Waals surface area (Å²) < 4.78 is 38.3. The Labute approximate surface area is 173 Å². The fourth-order valence-electron chi connectivity index (χ4n) is 4.08. The van der Waals surface area contributed by atoms with Gasteiger partial charge in [-0.3, -0.25) is 4.79 Å². The number of rotatable bonds is 6. The average molecular weight is 425 g/mol. The molecule has 2 aromatic rings. The molecule has 1 saturated carbocycles. The van der Waals surface area contributed by atoms with Crippen molar-refractivity contribution >= 4 is 17.2 Å². The zero-order valence-electron chi connectivity index (χ0n) is 16.7. The van der Waals surface area contributed by atoms with E-state index in [1.165, 1.54) is 17.0 Å². The number of nitrogens with one attached hydrogen (secondary N) is 1. The molecule has 3 unspecified atom stereocenters. The number of benzene rings is 1. The van der Waals surface area contributed by atoms with E-state index >= 15 is 0 Å². The Morgan fingerprint density at radius 1 is 1.21 bits per heavy atom. The van der Waals surface area contributed by atoms with Crippen LogP contribution in [0.25, 0.3) is 0 Å². The number of alkyl halides is 3. The normalized spacial score (nSPS) is 21.0. The minimum Gasteiger partial charge on any atom is -0.337 e. The molecule has 1 aliphatic rings. The molecule has 3 rings (SSSR count). The van der Waals surface area contributed by atoms with Gasteiger partial charge < -0.3 is 10.2 Å². The summed E-state index contributed by atoms with van der Waals surface area (Å²) in [4.78, 5) is 15.9. The number of hydrogen-bond donors (Lipinski definition) is 1. The van der Waals surface area contributed by atoms with Crippen LogP contribution in [0, 0.1) is 0 Å². The van der Waals surface area contributed by atoms with Gasteiger partial charge in [0.25, 0.3) is 5.91 Å². The second-order valence-corrected chi connectivity index (χ2v) is 8.83. The molecule has 0 radical (unpaired) electrons. The van der Waals surface area contributed by atoms with E-state index in [-0.39, 0.29) is 29.6 Å². The van der Waals surface area contributed by atoms with Gasteiger partial charge in [-0.05, 0) is 61.9 Å². The molecule has 3 atom stereocenters. The molecule has 1 N–H and O–H groups in total. The Morgan fingerprint density at radius 3 is 2.52 bits per heavy atom. The van der Waals surface area contributed by atoms with Crippen molar-refractivity contribution in [2.75, 3.05) is 7.05 Å². The molecule has 7 heteroatoms.